The van der Waals surface area contributed by atoms with Crippen molar-refractivity contribution in [1.82, 2.24) is 5.32 Å². The highest BCUT2D eigenvalue weighted by molar-refractivity contribution is 5.77. The lowest BCUT2D eigenvalue weighted by Crippen LogP contribution is -2.30. The molecule has 12 heavy (non-hydrogen) atoms. The van der Waals surface area contributed by atoms with Crippen LogP contribution in [0.5, 0.6) is 0 Å². The summed E-state index contributed by atoms with van der Waals surface area (Å²) >= 11 is 0. The van der Waals surface area contributed by atoms with Gasteiger partial charge in [0.1, 0.15) is 6.61 Å². The van der Waals surface area contributed by atoms with Crippen molar-refractivity contribution in [3.8, 4) is 0 Å². The fourth-order valence-corrected chi connectivity index (χ4v) is 0.553. The average Bonchev–Trinajstić information content (AvgIpc) is 2.09. The zero-order chi connectivity index (χ0) is 9.23. The van der Waals surface area contributed by atoms with E-state index in [9.17, 15) is 4.79 Å². The molecule has 0 aliphatic rings. The number of nitrogens with one attached hydrogen (secondary N) is 1. The van der Waals surface area contributed by atoms with Gasteiger partial charge in [-0.3, -0.25) is 4.79 Å². The molecule has 1 amide bonds. The first kappa shape index (κ1) is 11.4. The predicted octanol–water partition coefficient (Wildman–Crippen LogP) is -1.24. The number of hydrogen-bond donors (Lipinski definition) is 2. The molecule has 0 heterocycles. The van der Waals surface area contributed by atoms with Crippen molar-refractivity contribution in [2.24, 2.45) is 0 Å². The molecule has 0 aromatic heterocycles. The minimum absolute atomic E-state index is 0.0172. The van der Waals surface area contributed by atoms with Crippen molar-refractivity contribution >= 4 is 5.91 Å². The largest absolute Gasteiger partial charge is 0.395 e. The molecule has 0 rings (SSSR count). The Kier molecular flexibility index (Phi) is 7.99. The van der Waals surface area contributed by atoms with E-state index in [0.29, 0.717) is 13.2 Å². The number of hydrogen-bond acceptors (Lipinski definition) is 4. The standard InChI is InChI=1S/C7H15NO4/c1-11-4-5-12-6-7(10)8-2-3-9/h9H,2-6H2,1H3,(H,8,10). The summed E-state index contributed by atoms with van der Waals surface area (Å²) in [5.74, 6) is -0.222. The Hall–Kier alpha value is -0.650. The van der Waals surface area contributed by atoms with Crippen LogP contribution in [0.3, 0.4) is 0 Å². The number of carbonyl (C=O) groups excluding carboxylic acids is 1. The van der Waals surface area contributed by atoms with Gasteiger partial charge in [-0.1, -0.05) is 0 Å². The summed E-state index contributed by atoms with van der Waals surface area (Å²) in [6.45, 7) is 1.12. The molecule has 0 aliphatic heterocycles. The van der Waals surface area contributed by atoms with Crippen LogP contribution in [0.15, 0.2) is 0 Å². The lowest BCUT2D eigenvalue weighted by Gasteiger charge is -2.03. The second kappa shape index (κ2) is 8.45. The first-order valence-corrected chi connectivity index (χ1v) is 3.75. The maximum atomic E-state index is 10.8. The quantitative estimate of drug-likeness (QED) is 0.477. The molecule has 0 atom stereocenters. The van der Waals surface area contributed by atoms with E-state index in [2.05, 4.69) is 5.32 Å². The van der Waals surface area contributed by atoms with E-state index in [1.54, 1.807) is 7.11 Å². The Bertz CT molecular complexity index is 118. The Morgan fingerprint density at radius 2 is 2.25 bits per heavy atom. The lowest BCUT2D eigenvalue weighted by atomic mass is 10.6. The van der Waals surface area contributed by atoms with Gasteiger partial charge in [0, 0.05) is 13.7 Å². The van der Waals surface area contributed by atoms with Crippen LogP contribution in [0.4, 0.5) is 0 Å². The van der Waals surface area contributed by atoms with E-state index >= 15 is 0 Å². The molecule has 0 aromatic rings. The second-order valence-electron chi connectivity index (χ2n) is 2.12. The highest BCUT2D eigenvalue weighted by atomic mass is 16.5. The predicted molar refractivity (Wildman–Crippen MR) is 42.8 cm³/mol. The van der Waals surface area contributed by atoms with Crippen molar-refractivity contribution in [2.75, 3.05) is 40.1 Å². The topological polar surface area (TPSA) is 67.8 Å². The molecule has 0 bridgehead atoms. The molecular weight excluding hydrogens is 162 g/mol. The lowest BCUT2D eigenvalue weighted by molar-refractivity contribution is -0.126. The average molecular weight is 177 g/mol. The van der Waals surface area contributed by atoms with Gasteiger partial charge in [0.05, 0.1) is 19.8 Å². The first-order valence-electron chi connectivity index (χ1n) is 3.75. The fourth-order valence-electron chi connectivity index (χ4n) is 0.553. The molecule has 0 fully saturated rings. The van der Waals surface area contributed by atoms with Crippen LogP contribution in [-0.4, -0.2) is 51.1 Å². The normalized spacial score (nSPS) is 9.83. The van der Waals surface area contributed by atoms with Gasteiger partial charge in [0.15, 0.2) is 0 Å². The molecule has 5 heteroatoms. The van der Waals surface area contributed by atoms with E-state index in [-0.39, 0.29) is 25.7 Å². The minimum atomic E-state index is -0.222. The van der Waals surface area contributed by atoms with Crippen molar-refractivity contribution in [3.63, 3.8) is 0 Å². The number of carbonyl (C=O) groups is 1. The van der Waals surface area contributed by atoms with Gasteiger partial charge in [-0.15, -0.1) is 0 Å². The third-order valence-corrected chi connectivity index (χ3v) is 1.10. The Balaban J connectivity index is 3.08. The van der Waals surface area contributed by atoms with Gasteiger partial charge in [-0.25, -0.2) is 0 Å². The molecule has 0 saturated carbocycles. The fraction of sp³-hybridized carbons (Fsp3) is 0.857. The van der Waals surface area contributed by atoms with E-state index in [1.807, 2.05) is 0 Å². The highest BCUT2D eigenvalue weighted by Crippen LogP contribution is 1.76. The summed E-state index contributed by atoms with van der Waals surface area (Å²) in [6, 6.07) is 0. The molecule has 2 N–H and O–H groups in total. The van der Waals surface area contributed by atoms with Crippen LogP contribution in [0.2, 0.25) is 0 Å². The van der Waals surface area contributed by atoms with Crippen molar-refractivity contribution < 1.29 is 19.4 Å². The third kappa shape index (κ3) is 7.46. The maximum absolute atomic E-state index is 10.8. The molecule has 0 spiro atoms. The molecule has 0 aromatic carbocycles. The molecule has 0 radical (unpaired) electrons. The summed E-state index contributed by atoms with van der Waals surface area (Å²) < 4.78 is 9.62. The van der Waals surface area contributed by atoms with Gasteiger partial charge in [-0.05, 0) is 0 Å². The Labute approximate surface area is 71.7 Å². The van der Waals surface area contributed by atoms with Crippen LogP contribution in [0.25, 0.3) is 0 Å². The highest BCUT2D eigenvalue weighted by Gasteiger charge is 1.98. The molecule has 0 saturated heterocycles. The smallest absolute Gasteiger partial charge is 0.246 e. The molecule has 5 nitrogen and oxygen atoms in total. The Morgan fingerprint density at radius 1 is 1.50 bits per heavy atom. The molecular formula is C7H15NO4. The molecule has 0 aliphatic carbocycles. The van der Waals surface area contributed by atoms with E-state index in [1.165, 1.54) is 0 Å². The minimum Gasteiger partial charge on any atom is -0.395 e. The summed E-state index contributed by atoms with van der Waals surface area (Å²) in [5, 5.41) is 10.8. The van der Waals surface area contributed by atoms with Crippen LogP contribution < -0.4 is 5.32 Å². The van der Waals surface area contributed by atoms with Gasteiger partial charge >= 0.3 is 0 Å². The van der Waals surface area contributed by atoms with E-state index in [4.69, 9.17) is 14.6 Å². The van der Waals surface area contributed by atoms with Gasteiger partial charge in [0.25, 0.3) is 0 Å². The SMILES string of the molecule is COCCOCC(=O)NCCO. The van der Waals surface area contributed by atoms with Crippen molar-refractivity contribution in [2.45, 2.75) is 0 Å². The van der Waals surface area contributed by atoms with Crippen LogP contribution in [0, 0.1) is 0 Å². The van der Waals surface area contributed by atoms with Gasteiger partial charge in [-0.2, -0.15) is 0 Å². The van der Waals surface area contributed by atoms with Crippen LogP contribution >= 0.6 is 0 Å². The number of aliphatic hydroxyl groups excluding tert-OH is 1. The van der Waals surface area contributed by atoms with Crippen molar-refractivity contribution in [3.05, 3.63) is 0 Å². The summed E-state index contributed by atoms with van der Waals surface area (Å²) in [6.07, 6.45) is 0. The monoisotopic (exact) mass is 177 g/mol. The van der Waals surface area contributed by atoms with E-state index in [0.717, 1.165) is 0 Å². The summed E-state index contributed by atoms with van der Waals surface area (Å²) in [7, 11) is 1.56. The zero-order valence-electron chi connectivity index (χ0n) is 7.21. The Morgan fingerprint density at radius 3 is 2.83 bits per heavy atom. The summed E-state index contributed by atoms with van der Waals surface area (Å²) in [4.78, 5) is 10.8. The van der Waals surface area contributed by atoms with E-state index < -0.39 is 0 Å². The van der Waals surface area contributed by atoms with Crippen LogP contribution in [0.1, 0.15) is 0 Å². The summed E-state index contributed by atoms with van der Waals surface area (Å²) in [5.41, 5.74) is 0. The maximum Gasteiger partial charge on any atom is 0.246 e. The molecule has 0 unspecified atom stereocenters. The third-order valence-electron chi connectivity index (χ3n) is 1.10. The first-order chi connectivity index (χ1) is 5.81. The van der Waals surface area contributed by atoms with Crippen LogP contribution in [-0.2, 0) is 14.3 Å². The number of aliphatic hydroxyl groups is 1. The number of rotatable bonds is 7. The zero-order valence-corrected chi connectivity index (χ0v) is 7.21. The number of amides is 1. The molecule has 72 valence electrons. The number of ether oxygens (including phenoxy) is 2. The van der Waals surface area contributed by atoms with Gasteiger partial charge in [0.2, 0.25) is 5.91 Å². The number of methoxy groups -OCH3 is 1. The van der Waals surface area contributed by atoms with Crippen molar-refractivity contribution in [1.29, 1.82) is 0 Å². The van der Waals surface area contributed by atoms with Gasteiger partial charge < -0.3 is 19.9 Å². The second-order valence-corrected chi connectivity index (χ2v) is 2.12.